The molecule has 0 aliphatic carbocycles. The van der Waals surface area contributed by atoms with E-state index in [1.54, 1.807) is 0 Å². The highest BCUT2D eigenvalue weighted by molar-refractivity contribution is 7.99. The molecule has 7 nitrogen and oxygen atoms in total. The number of aromatic nitrogens is 2. The van der Waals surface area contributed by atoms with E-state index < -0.39 is 0 Å². The molecule has 1 amide bonds. The van der Waals surface area contributed by atoms with E-state index in [1.165, 1.54) is 11.8 Å². The molecule has 1 aliphatic rings. The highest BCUT2D eigenvalue weighted by Crippen LogP contribution is 2.30. The molecule has 0 spiro atoms. The number of thioether (sulfide) groups is 1. The summed E-state index contributed by atoms with van der Waals surface area (Å²) in [5, 5.41) is 13.9. The van der Waals surface area contributed by atoms with Crippen molar-refractivity contribution in [3.8, 4) is 11.5 Å². The Morgan fingerprint density at radius 2 is 1.77 bits per heavy atom. The van der Waals surface area contributed by atoms with Gasteiger partial charge in [0, 0.05) is 38.3 Å². The van der Waals surface area contributed by atoms with Crippen molar-refractivity contribution in [1.82, 2.24) is 15.1 Å². The van der Waals surface area contributed by atoms with Gasteiger partial charge in [-0.2, -0.15) is 0 Å². The zero-order valence-corrected chi connectivity index (χ0v) is 20.2. The van der Waals surface area contributed by atoms with Crippen molar-refractivity contribution >= 4 is 39.8 Å². The molecule has 3 aromatic carbocycles. The monoisotopic (exact) mass is 485 g/mol. The van der Waals surface area contributed by atoms with Crippen LogP contribution in [0.15, 0.2) is 89.0 Å². The third kappa shape index (κ3) is 5.39. The molecule has 1 N–H and O–H groups in total. The highest BCUT2D eigenvalue weighted by atomic mass is 32.2. The van der Waals surface area contributed by atoms with Crippen LogP contribution in [0.1, 0.15) is 0 Å². The molecule has 4 aromatic rings. The van der Waals surface area contributed by atoms with Crippen LogP contribution in [-0.4, -0.2) is 59.5 Å². The molecule has 0 atom stereocenters. The van der Waals surface area contributed by atoms with Crippen LogP contribution in [0.4, 0.5) is 11.4 Å². The second-order valence-electron chi connectivity index (χ2n) is 8.33. The van der Waals surface area contributed by atoms with Gasteiger partial charge in [0.2, 0.25) is 11.8 Å². The average Bonchev–Trinajstić information content (AvgIpc) is 3.37. The lowest BCUT2D eigenvalue weighted by Crippen LogP contribution is -2.46. The van der Waals surface area contributed by atoms with Gasteiger partial charge >= 0.3 is 0 Å². The fourth-order valence-corrected chi connectivity index (χ4v) is 4.87. The quantitative estimate of drug-likeness (QED) is 0.280. The minimum absolute atomic E-state index is 0.113. The van der Waals surface area contributed by atoms with Crippen molar-refractivity contribution in [2.24, 2.45) is 0 Å². The zero-order chi connectivity index (χ0) is 24.0. The summed E-state index contributed by atoms with van der Waals surface area (Å²) in [6.07, 6.45) is 1.94. The van der Waals surface area contributed by atoms with E-state index in [-0.39, 0.29) is 11.7 Å². The predicted molar refractivity (Wildman–Crippen MR) is 142 cm³/mol. The average molecular weight is 486 g/mol. The van der Waals surface area contributed by atoms with E-state index in [0.29, 0.717) is 11.1 Å². The number of carbonyl (C=O) groups is 1. The topological polar surface area (TPSA) is 74.5 Å². The molecule has 8 heteroatoms. The number of rotatable bonds is 8. The second kappa shape index (κ2) is 10.8. The fraction of sp³-hybridized carbons (Fsp3) is 0.222. The Hall–Kier alpha value is -3.62. The number of carbonyl (C=O) groups excluding carboxylic acids is 1. The Kier molecular flexibility index (Phi) is 7.11. The summed E-state index contributed by atoms with van der Waals surface area (Å²) >= 11 is 1.23. The van der Waals surface area contributed by atoms with E-state index in [1.807, 2.05) is 66.7 Å². The second-order valence-corrected chi connectivity index (χ2v) is 9.26. The number of nitrogens with zero attached hydrogens (tertiary/aromatic N) is 4. The van der Waals surface area contributed by atoms with Gasteiger partial charge in [-0.1, -0.05) is 66.4 Å². The van der Waals surface area contributed by atoms with Crippen LogP contribution < -0.4 is 10.2 Å². The number of para-hydroxylation sites is 2. The van der Waals surface area contributed by atoms with Crippen LogP contribution in [0, 0.1) is 0 Å². The first-order valence-corrected chi connectivity index (χ1v) is 12.6. The van der Waals surface area contributed by atoms with Crippen LogP contribution in [0.2, 0.25) is 0 Å². The minimum Gasteiger partial charge on any atom is -0.411 e. The molecule has 1 fully saturated rings. The lowest BCUT2D eigenvalue weighted by molar-refractivity contribution is -0.113. The van der Waals surface area contributed by atoms with E-state index in [9.17, 15) is 4.79 Å². The summed E-state index contributed by atoms with van der Waals surface area (Å²) in [6.45, 7) is 8.50. The third-order valence-electron chi connectivity index (χ3n) is 6.03. The third-order valence-corrected chi connectivity index (χ3v) is 6.85. The Morgan fingerprint density at radius 3 is 2.63 bits per heavy atom. The highest BCUT2D eigenvalue weighted by Gasteiger charge is 2.19. The van der Waals surface area contributed by atoms with Gasteiger partial charge < -0.3 is 14.6 Å². The molecule has 0 bridgehead atoms. The normalized spacial score (nSPS) is 14.2. The van der Waals surface area contributed by atoms with Crippen molar-refractivity contribution in [2.75, 3.05) is 48.7 Å². The first-order chi connectivity index (χ1) is 17.2. The minimum atomic E-state index is -0.113. The van der Waals surface area contributed by atoms with Crippen molar-refractivity contribution in [3.05, 3.63) is 79.4 Å². The maximum absolute atomic E-state index is 12.7. The number of hydrogen-bond donors (Lipinski definition) is 1. The standard InChI is InChI=1S/C27H27N5O2S/c1-2-14-31-15-17-32(18-16-31)24-13-6-5-12-23(24)28-25(33)19-35-27-30-29-26(34-27)22-11-7-9-20-8-3-4-10-21(20)22/h2-13H,1,14-19H2,(H,28,33). The number of anilines is 2. The van der Waals surface area contributed by atoms with Crippen LogP contribution >= 0.6 is 11.8 Å². The SMILES string of the molecule is C=CCN1CCN(c2ccccc2NC(=O)CSc2nnc(-c3cccc4ccccc34)o2)CC1. The predicted octanol–water partition coefficient (Wildman–Crippen LogP) is 4.93. The molecule has 0 unspecified atom stereocenters. The molecule has 178 valence electrons. The van der Waals surface area contributed by atoms with Crippen LogP contribution in [0.3, 0.4) is 0 Å². The van der Waals surface area contributed by atoms with Crippen molar-refractivity contribution in [1.29, 1.82) is 0 Å². The molecule has 0 saturated carbocycles. The van der Waals surface area contributed by atoms with Gasteiger partial charge in [-0.25, -0.2) is 0 Å². The largest absolute Gasteiger partial charge is 0.411 e. The lowest BCUT2D eigenvalue weighted by atomic mass is 10.0. The van der Waals surface area contributed by atoms with Gasteiger partial charge in [0.05, 0.1) is 17.1 Å². The number of fused-ring (bicyclic) bond motifs is 1. The molecule has 1 aromatic heterocycles. The van der Waals surface area contributed by atoms with E-state index in [0.717, 1.165) is 60.4 Å². The summed E-state index contributed by atoms with van der Waals surface area (Å²) in [5.74, 6) is 0.516. The van der Waals surface area contributed by atoms with E-state index in [2.05, 4.69) is 38.0 Å². The zero-order valence-electron chi connectivity index (χ0n) is 19.4. The van der Waals surface area contributed by atoms with Crippen molar-refractivity contribution < 1.29 is 9.21 Å². The van der Waals surface area contributed by atoms with Gasteiger partial charge in [-0.05, 0) is 29.0 Å². The number of nitrogens with one attached hydrogen (secondary N) is 1. The molecule has 1 saturated heterocycles. The van der Waals surface area contributed by atoms with Gasteiger partial charge in [0.1, 0.15) is 0 Å². The number of amides is 1. The van der Waals surface area contributed by atoms with Crippen LogP contribution in [0.5, 0.6) is 0 Å². The molecule has 35 heavy (non-hydrogen) atoms. The summed E-state index contributed by atoms with van der Waals surface area (Å²) in [6, 6.07) is 22.0. The molecule has 0 radical (unpaired) electrons. The summed E-state index contributed by atoms with van der Waals surface area (Å²) < 4.78 is 5.87. The molecule has 5 rings (SSSR count). The number of piperazine rings is 1. The van der Waals surface area contributed by atoms with E-state index in [4.69, 9.17) is 4.42 Å². The fourth-order valence-electron chi connectivity index (χ4n) is 4.31. The van der Waals surface area contributed by atoms with Gasteiger partial charge in [-0.3, -0.25) is 9.69 Å². The first kappa shape index (κ1) is 23.1. The Morgan fingerprint density at radius 1 is 1.00 bits per heavy atom. The van der Waals surface area contributed by atoms with Gasteiger partial charge in [0.25, 0.3) is 5.22 Å². The summed E-state index contributed by atoms with van der Waals surface area (Å²) in [5.41, 5.74) is 2.74. The van der Waals surface area contributed by atoms with Crippen LogP contribution in [0.25, 0.3) is 22.2 Å². The Balaban J connectivity index is 1.21. The molecule has 2 heterocycles. The van der Waals surface area contributed by atoms with Gasteiger partial charge in [-0.15, -0.1) is 16.8 Å². The van der Waals surface area contributed by atoms with E-state index >= 15 is 0 Å². The summed E-state index contributed by atoms with van der Waals surface area (Å²) in [4.78, 5) is 17.4. The van der Waals surface area contributed by atoms with Gasteiger partial charge in [0.15, 0.2) is 0 Å². The lowest BCUT2D eigenvalue weighted by Gasteiger charge is -2.36. The van der Waals surface area contributed by atoms with Crippen molar-refractivity contribution in [2.45, 2.75) is 5.22 Å². The summed E-state index contributed by atoms with van der Waals surface area (Å²) in [7, 11) is 0. The van der Waals surface area contributed by atoms with Crippen molar-refractivity contribution in [3.63, 3.8) is 0 Å². The number of benzene rings is 3. The molecule has 1 aliphatic heterocycles. The Bertz CT molecular complexity index is 1320. The first-order valence-electron chi connectivity index (χ1n) is 11.6. The van der Waals surface area contributed by atoms with Crippen LogP contribution in [-0.2, 0) is 4.79 Å². The Labute approximate surface area is 208 Å². The molecular weight excluding hydrogens is 458 g/mol. The molecular formula is C27H27N5O2S. The number of hydrogen-bond acceptors (Lipinski definition) is 7. The smallest absolute Gasteiger partial charge is 0.277 e. The maximum atomic E-state index is 12.7. The maximum Gasteiger partial charge on any atom is 0.277 e.